The fourth-order valence-electron chi connectivity index (χ4n) is 2.21. The number of hydrogen-bond acceptors (Lipinski definition) is 3. The molecule has 5 nitrogen and oxygen atoms in total. The van der Waals surface area contributed by atoms with Gasteiger partial charge in [-0.05, 0) is 39.0 Å². The molecule has 0 spiro atoms. The molecule has 5 heteroatoms. The van der Waals surface area contributed by atoms with E-state index < -0.39 is 0 Å². The SMILES string of the molecule is CCN(CC)C(=O)c1cccc(NCc2cn[nH]c2C)c1. The Balaban J connectivity index is 2.07. The van der Waals surface area contributed by atoms with Crippen molar-refractivity contribution in [2.75, 3.05) is 18.4 Å². The predicted molar refractivity (Wildman–Crippen MR) is 84.3 cm³/mol. The first-order chi connectivity index (χ1) is 10.2. The minimum atomic E-state index is 0.0724. The Morgan fingerprint density at radius 2 is 2.10 bits per heavy atom. The summed E-state index contributed by atoms with van der Waals surface area (Å²) in [6.07, 6.45) is 1.81. The molecule has 2 N–H and O–H groups in total. The summed E-state index contributed by atoms with van der Waals surface area (Å²) in [5.41, 5.74) is 3.83. The van der Waals surface area contributed by atoms with E-state index in [9.17, 15) is 4.79 Å². The summed E-state index contributed by atoms with van der Waals surface area (Å²) < 4.78 is 0. The zero-order valence-corrected chi connectivity index (χ0v) is 12.8. The lowest BCUT2D eigenvalue weighted by Gasteiger charge is -2.19. The summed E-state index contributed by atoms with van der Waals surface area (Å²) >= 11 is 0. The molecule has 0 unspecified atom stereocenters. The number of hydrogen-bond donors (Lipinski definition) is 2. The molecule has 0 atom stereocenters. The third-order valence-electron chi connectivity index (χ3n) is 3.58. The van der Waals surface area contributed by atoms with Crippen molar-refractivity contribution in [2.45, 2.75) is 27.3 Å². The Labute approximate surface area is 125 Å². The molecule has 0 saturated heterocycles. The minimum Gasteiger partial charge on any atom is -0.381 e. The smallest absolute Gasteiger partial charge is 0.253 e. The average Bonchev–Trinajstić information content (AvgIpc) is 2.92. The molecule has 2 rings (SSSR count). The number of aromatic amines is 1. The second-order valence-electron chi connectivity index (χ2n) is 4.93. The molecule has 0 saturated carbocycles. The third kappa shape index (κ3) is 3.62. The van der Waals surface area contributed by atoms with Gasteiger partial charge >= 0.3 is 0 Å². The first-order valence-electron chi connectivity index (χ1n) is 7.27. The fraction of sp³-hybridized carbons (Fsp3) is 0.375. The van der Waals surface area contributed by atoms with Crippen LogP contribution in [-0.4, -0.2) is 34.1 Å². The summed E-state index contributed by atoms with van der Waals surface area (Å²) in [6, 6.07) is 7.63. The highest BCUT2D eigenvalue weighted by atomic mass is 16.2. The maximum absolute atomic E-state index is 12.3. The Morgan fingerprint density at radius 3 is 2.71 bits per heavy atom. The van der Waals surface area contributed by atoms with E-state index in [1.165, 1.54) is 0 Å². The second kappa shape index (κ2) is 6.92. The highest BCUT2D eigenvalue weighted by Gasteiger charge is 2.12. The van der Waals surface area contributed by atoms with Crippen LogP contribution >= 0.6 is 0 Å². The van der Waals surface area contributed by atoms with Gasteiger partial charge in [-0.3, -0.25) is 9.89 Å². The van der Waals surface area contributed by atoms with Crippen LogP contribution in [0, 0.1) is 6.92 Å². The molecule has 1 heterocycles. The molecule has 0 fully saturated rings. The molecule has 0 bridgehead atoms. The molecule has 0 aliphatic carbocycles. The number of rotatable bonds is 6. The van der Waals surface area contributed by atoms with Crippen LogP contribution in [0.15, 0.2) is 30.5 Å². The van der Waals surface area contributed by atoms with Gasteiger partial charge in [0.2, 0.25) is 0 Å². The van der Waals surface area contributed by atoms with Crippen LogP contribution < -0.4 is 5.32 Å². The molecule has 21 heavy (non-hydrogen) atoms. The molecule has 1 amide bonds. The van der Waals surface area contributed by atoms with Gasteiger partial charge in [-0.2, -0.15) is 5.10 Å². The van der Waals surface area contributed by atoms with Crippen LogP contribution in [0.4, 0.5) is 5.69 Å². The maximum Gasteiger partial charge on any atom is 0.253 e. The Bertz CT molecular complexity index is 602. The molecule has 2 aromatic rings. The van der Waals surface area contributed by atoms with E-state index in [0.717, 1.165) is 30.0 Å². The molecule has 0 aliphatic rings. The van der Waals surface area contributed by atoms with Gasteiger partial charge in [-0.25, -0.2) is 0 Å². The monoisotopic (exact) mass is 286 g/mol. The molecule has 1 aromatic carbocycles. The van der Waals surface area contributed by atoms with Gasteiger partial charge in [0.1, 0.15) is 0 Å². The Kier molecular flexibility index (Phi) is 4.98. The zero-order valence-electron chi connectivity index (χ0n) is 12.8. The predicted octanol–water partition coefficient (Wildman–Crippen LogP) is 2.81. The average molecular weight is 286 g/mol. The van der Waals surface area contributed by atoms with Crippen LogP contribution in [0.1, 0.15) is 35.5 Å². The molecular formula is C16H22N4O. The summed E-state index contributed by atoms with van der Waals surface area (Å²) in [5.74, 6) is 0.0724. The van der Waals surface area contributed by atoms with Crippen molar-refractivity contribution in [3.8, 4) is 0 Å². The van der Waals surface area contributed by atoms with Crippen LogP contribution in [0.5, 0.6) is 0 Å². The van der Waals surface area contributed by atoms with Gasteiger partial charge in [-0.15, -0.1) is 0 Å². The Hall–Kier alpha value is -2.30. The van der Waals surface area contributed by atoms with E-state index in [1.54, 1.807) is 0 Å². The van der Waals surface area contributed by atoms with Gasteiger partial charge in [0, 0.05) is 42.1 Å². The number of carbonyl (C=O) groups excluding carboxylic acids is 1. The van der Waals surface area contributed by atoms with E-state index in [2.05, 4.69) is 15.5 Å². The lowest BCUT2D eigenvalue weighted by Crippen LogP contribution is -2.30. The molecule has 0 aliphatic heterocycles. The number of nitrogens with zero attached hydrogens (tertiary/aromatic N) is 2. The number of anilines is 1. The normalized spacial score (nSPS) is 10.4. The van der Waals surface area contributed by atoms with Crippen LogP contribution in [-0.2, 0) is 6.54 Å². The number of aryl methyl sites for hydroxylation is 1. The number of H-pyrrole nitrogens is 1. The van der Waals surface area contributed by atoms with Gasteiger partial charge in [0.05, 0.1) is 6.20 Å². The second-order valence-corrected chi connectivity index (χ2v) is 4.93. The lowest BCUT2D eigenvalue weighted by molar-refractivity contribution is 0.0773. The summed E-state index contributed by atoms with van der Waals surface area (Å²) in [5, 5.41) is 10.2. The van der Waals surface area contributed by atoms with Gasteiger partial charge < -0.3 is 10.2 Å². The number of benzene rings is 1. The first-order valence-corrected chi connectivity index (χ1v) is 7.27. The van der Waals surface area contributed by atoms with Crippen LogP contribution in [0.2, 0.25) is 0 Å². The molecule has 0 radical (unpaired) electrons. The van der Waals surface area contributed by atoms with E-state index in [4.69, 9.17) is 0 Å². The summed E-state index contributed by atoms with van der Waals surface area (Å²) in [6.45, 7) is 8.11. The third-order valence-corrected chi connectivity index (χ3v) is 3.58. The Morgan fingerprint density at radius 1 is 1.33 bits per heavy atom. The van der Waals surface area contributed by atoms with Gasteiger partial charge in [0.15, 0.2) is 0 Å². The largest absolute Gasteiger partial charge is 0.381 e. The minimum absolute atomic E-state index is 0.0724. The number of nitrogens with one attached hydrogen (secondary N) is 2. The van der Waals surface area contributed by atoms with Crippen molar-refractivity contribution in [1.82, 2.24) is 15.1 Å². The highest BCUT2D eigenvalue weighted by molar-refractivity contribution is 5.95. The van der Waals surface area contributed by atoms with E-state index >= 15 is 0 Å². The lowest BCUT2D eigenvalue weighted by atomic mass is 10.1. The van der Waals surface area contributed by atoms with Crippen molar-refractivity contribution in [3.05, 3.63) is 47.3 Å². The van der Waals surface area contributed by atoms with Crippen molar-refractivity contribution < 1.29 is 4.79 Å². The maximum atomic E-state index is 12.3. The van der Waals surface area contributed by atoms with Gasteiger partial charge in [-0.1, -0.05) is 6.07 Å². The number of carbonyl (C=O) groups is 1. The van der Waals surface area contributed by atoms with Crippen molar-refractivity contribution in [2.24, 2.45) is 0 Å². The van der Waals surface area contributed by atoms with Crippen molar-refractivity contribution in [1.29, 1.82) is 0 Å². The standard InChI is InChI=1S/C16H22N4O/c1-4-20(5-2)16(21)13-7-6-8-15(9-13)17-10-14-11-18-19-12(14)3/h6-9,11,17H,4-5,10H2,1-3H3,(H,18,19). The topological polar surface area (TPSA) is 61.0 Å². The highest BCUT2D eigenvalue weighted by Crippen LogP contribution is 2.14. The fourth-order valence-corrected chi connectivity index (χ4v) is 2.21. The quantitative estimate of drug-likeness (QED) is 0.858. The van der Waals surface area contributed by atoms with E-state index in [0.29, 0.717) is 12.1 Å². The van der Waals surface area contributed by atoms with E-state index in [1.807, 2.05) is 56.1 Å². The molecular weight excluding hydrogens is 264 g/mol. The molecule has 1 aromatic heterocycles. The van der Waals surface area contributed by atoms with Crippen LogP contribution in [0.3, 0.4) is 0 Å². The summed E-state index contributed by atoms with van der Waals surface area (Å²) in [7, 11) is 0. The van der Waals surface area contributed by atoms with E-state index in [-0.39, 0.29) is 5.91 Å². The van der Waals surface area contributed by atoms with Crippen LogP contribution in [0.25, 0.3) is 0 Å². The zero-order chi connectivity index (χ0) is 15.2. The first kappa shape index (κ1) is 15.1. The van der Waals surface area contributed by atoms with Crippen molar-refractivity contribution in [3.63, 3.8) is 0 Å². The molecule has 112 valence electrons. The van der Waals surface area contributed by atoms with Gasteiger partial charge in [0.25, 0.3) is 5.91 Å². The number of amides is 1. The summed E-state index contributed by atoms with van der Waals surface area (Å²) in [4.78, 5) is 14.1. The number of aromatic nitrogens is 2. The van der Waals surface area contributed by atoms with Crippen molar-refractivity contribution >= 4 is 11.6 Å².